The number of aromatic nitrogens is 1. The number of hydrogen-bond donors (Lipinski definition) is 2. The van der Waals surface area contributed by atoms with Gasteiger partial charge in [-0.15, -0.1) is 0 Å². The Kier molecular flexibility index (Phi) is 4.52. The number of benzene rings is 1. The molecule has 0 saturated heterocycles. The monoisotopic (exact) mass is 325 g/mol. The summed E-state index contributed by atoms with van der Waals surface area (Å²) in [6.07, 6.45) is -4.78. The van der Waals surface area contributed by atoms with Crippen LogP contribution in [0.25, 0.3) is 10.9 Å². The van der Waals surface area contributed by atoms with Crippen molar-refractivity contribution in [2.24, 2.45) is 0 Å². The van der Waals surface area contributed by atoms with Crippen molar-refractivity contribution >= 4 is 34.1 Å². The molecule has 2 rings (SSSR count). The summed E-state index contributed by atoms with van der Waals surface area (Å²) in [7, 11) is 0. The number of aliphatic hydroxyl groups excluding tert-OH is 1. The van der Waals surface area contributed by atoms with E-state index in [0.717, 1.165) is 16.5 Å². The number of halogens is 5. The Labute approximate surface area is 123 Å². The van der Waals surface area contributed by atoms with Crippen molar-refractivity contribution in [2.45, 2.75) is 31.5 Å². The minimum Gasteiger partial charge on any atom is -0.384 e. The third-order valence-corrected chi connectivity index (χ3v) is 3.83. The maximum atomic E-state index is 12.2. The molecule has 0 unspecified atom stereocenters. The first kappa shape index (κ1) is 15.5. The highest BCUT2D eigenvalue weighted by molar-refractivity contribution is 6.42. The van der Waals surface area contributed by atoms with E-state index < -0.39 is 12.3 Å². The van der Waals surface area contributed by atoms with Gasteiger partial charge in [-0.05, 0) is 37.0 Å². The third-order valence-electron chi connectivity index (χ3n) is 3.11. The molecular weight excluding hydrogens is 314 g/mol. The second-order valence-corrected chi connectivity index (χ2v) is 5.39. The van der Waals surface area contributed by atoms with Crippen molar-refractivity contribution in [3.63, 3.8) is 0 Å². The fourth-order valence-electron chi connectivity index (χ4n) is 2.03. The molecule has 110 valence electrons. The maximum absolute atomic E-state index is 12.2. The molecule has 1 aromatic carbocycles. The lowest BCUT2D eigenvalue weighted by molar-refractivity contribution is -0.205. The lowest BCUT2D eigenvalue weighted by Crippen LogP contribution is -2.28. The highest BCUT2D eigenvalue weighted by atomic mass is 35.5. The zero-order chi connectivity index (χ0) is 14.9. The Morgan fingerprint density at radius 2 is 1.85 bits per heavy atom. The van der Waals surface area contributed by atoms with Gasteiger partial charge in [-0.3, -0.25) is 0 Å². The number of aliphatic hydroxyl groups is 1. The number of rotatable bonds is 4. The fourth-order valence-corrected chi connectivity index (χ4v) is 2.36. The van der Waals surface area contributed by atoms with Crippen LogP contribution < -0.4 is 0 Å². The summed E-state index contributed by atoms with van der Waals surface area (Å²) in [4.78, 5) is 3.00. The van der Waals surface area contributed by atoms with Crippen LogP contribution in [0.3, 0.4) is 0 Å². The minimum atomic E-state index is -4.56. The molecule has 0 saturated carbocycles. The lowest BCUT2D eigenvalue weighted by atomic mass is 10.0. The zero-order valence-corrected chi connectivity index (χ0v) is 11.8. The molecule has 0 aliphatic heterocycles. The predicted octanol–water partition coefficient (Wildman–Crippen LogP) is 4.72. The Bertz CT molecular complexity index is 609. The molecule has 0 amide bonds. The van der Waals surface area contributed by atoms with Gasteiger partial charge in [-0.2, -0.15) is 13.2 Å². The molecule has 1 heterocycles. The number of aryl methyl sites for hydroxylation is 1. The Morgan fingerprint density at radius 1 is 1.20 bits per heavy atom. The van der Waals surface area contributed by atoms with Crippen molar-refractivity contribution in [3.05, 3.63) is 33.9 Å². The average Bonchev–Trinajstić information content (AvgIpc) is 2.71. The first-order valence-electron chi connectivity index (χ1n) is 5.99. The average molecular weight is 326 g/mol. The van der Waals surface area contributed by atoms with Crippen LogP contribution in [0.1, 0.15) is 18.4 Å². The summed E-state index contributed by atoms with van der Waals surface area (Å²) in [6.45, 7) is 0. The van der Waals surface area contributed by atoms with E-state index in [1.165, 1.54) is 0 Å². The molecule has 0 fully saturated rings. The van der Waals surface area contributed by atoms with Gasteiger partial charge in [0.25, 0.3) is 0 Å². The molecule has 0 aliphatic rings. The van der Waals surface area contributed by atoms with E-state index in [9.17, 15) is 13.2 Å². The standard InChI is InChI=1S/C13H12Cl2F3NO/c14-9-4-8-7(6-19-11(8)5-10(9)15)2-1-3-12(20)13(16,17)18/h4-6,12,19-20H,1-3H2/t12-/m0/s1. The first-order chi connectivity index (χ1) is 9.29. The quantitative estimate of drug-likeness (QED) is 0.838. The van der Waals surface area contributed by atoms with Crippen LogP contribution in [0.15, 0.2) is 18.3 Å². The van der Waals surface area contributed by atoms with Gasteiger partial charge in [-0.1, -0.05) is 23.2 Å². The molecule has 0 aliphatic carbocycles. The minimum absolute atomic E-state index is 0.230. The molecule has 0 bridgehead atoms. The summed E-state index contributed by atoms with van der Waals surface area (Å²) < 4.78 is 36.5. The molecule has 2 nitrogen and oxygen atoms in total. The zero-order valence-electron chi connectivity index (χ0n) is 10.3. The van der Waals surface area contributed by atoms with E-state index in [-0.39, 0.29) is 12.8 Å². The van der Waals surface area contributed by atoms with Crippen LogP contribution in [-0.2, 0) is 6.42 Å². The van der Waals surface area contributed by atoms with Gasteiger partial charge in [-0.25, -0.2) is 0 Å². The fraction of sp³-hybridized carbons (Fsp3) is 0.385. The predicted molar refractivity (Wildman–Crippen MR) is 73.3 cm³/mol. The van der Waals surface area contributed by atoms with Gasteiger partial charge >= 0.3 is 6.18 Å². The van der Waals surface area contributed by atoms with E-state index in [2.05, 4.69) is 4.98 Å². The normalized spacial score (nSPS) is 13.9. The second-order valence-electron chi connectivity index (χ2n) is 4.58. The summed E-state index contributed by atoms with van der Waals surface area (Å²) in [5, 5.41) is 10.6. The van der Waals surface area contributed by atoms with E-state index in [0.29, 0.717) is 16.5 Å². The molecule has 0 spiro atoms. The Morgan fingerprint density at radius 3 is 2.50 bits per heavy atom. The molecular formula is C13H12Cl2F3NO. The van der Waals surface area contributed by atoms with Gasteiger partial charge in [0.1, 0.15) is 6.10 Å². The molecule has 7 heteroatoms. The molecule has 20 heavy (non-hydrogen) atoms. The summed E-state index contributed by atoms with van der Waals surface area (Å²) in [6, 6.07) is 3.36. The number of hydrogen-bond acceptors (Lipinski definition) is 1. The molecule has 2 aromatic rings. The molecule has 2 N–H and O–H groups in total. The van der Waals surface area contributed by atoms with Crippen molar-refractivity contribution in [1.82, 2.24) is 4.98 Å². The third kappa shape index (κ3) is 3.40. The molecule has 0 radical (unpaired) electrons. The van der Waals surface area contributed by atoms with Crippen molar-refractivity contribution < 1.29 is 18.3 Å². The van der Waals surface area contributed by atoms with Crippen LogP contribution in [-0.4, -0.2) is 22.4 Å². The van der Waals surface area contributed by atoms with E-state index in [1.807, 2.05) is 0 Å². The van der Waals surface area contributed by atoms with E-state index >= 15 is 0 Å². The van der Waals surface area contributed by atoms with Crippen molar-refractivity contribution in [1.29, 1.82) is 0 Å². The van der Waals surface area contributed by atoms with Gasteiger partial charge in [0.2, 0.25) is 0 Å². The SMILES string of the molecule is O[C@@H](CCCc1c[nH]c2cc(Cl)c(Cl)cc12)C(F)(F)F. The Balaban J connectivity index is 2.06. The first-order valence-corrected chi connectivity index (χ1v) is 6.74. The Hall–Kier alpha value is -0.910. The molecule has 1 aromatic heterocycles. The van der Waals surface area contributed by atoms with Gasteiger partial charge in [0.05, 0.1) is 10.0 Å². The van der Waals surface area contributed by atoms with Crippen molar-refractivity contribution in [3.8, 4) is 0 Å². The van der Waals surface area contributed by atoms with Gasteiger partial charge in [0, 0.05) is 17.1 Å². The van der Waals surface area contributed by atoms with E-state index in [1.54, 1.807) is 18.3 Å². The topological polar surface area (TPSA) is 36.0 Å². The van der Waals surface area contributed by atoms with Crippen LogP contribution in [0.2, 0.25) is 10.0 Å². The van der Waals surface area contributed by atoms with Crippen LogP contribution in [0, 0.1) is 0 Å². The highest BCUT2D eigenvalue weighted by Crippen LogP contribution is 2.30. The summed E-state index contributed by atoms with van der Waals surface area (Å²) >= 11 is 11.8. The largest absolute Gasteiger partial charge is 0.414 e. The summed E-state index contributed by atoms with van der Waals surface area (Å²) in [5.41, 5.74) is 1.64. The van der Waals surface area contributed by atoms with Gasteiger partial charge < -0.3 is 10.1 Å². The number of aromatic amines is 1. The van der Waals surface area contributed by atoms with Crippen molar-refractivity contribution in [2.75, 3.05) is 0 Å². The molecule has 1 atom stereocenters. The number of nitrogens with one attached hydrogen (secondary N) is 1. The number of fused-ring (bicyclic) bond motifs is 1. The van der Waals surface area contributed by atoms with Crippen LogP contribution >= 0.6 is 23.2 Å². The lowest BCUT2D eigenvalue weighted by Gasteiger charge is -2.13. The summed E-state index contributed by atoms with van der Waals surface area (Å²) in [5.74, 6) is 0. The number of alkyl halides is 3. The van der Waals surface area contributed by atoms with Crippen LogP contribution in [0.4, 0.5) is 13.2 Å². The van der Waals surface area contributed by atoms with Gasteiger partial charge in [0.15, 0.2) is 0 Å². The smallest absolute Gasteiger partial charge is 0.384 e. The second kappa shape index (κ2) is 5.84. The maximum Gasteiger partial charge on any atom is 0.414 e. The number of H-pyrrole nitrogens is 1. The van der Waals surface area contributed by atoms with Crippen LogP contribution in [0.5, 0.6) is 0 Å². The van der Waals surface area contributed by atoms with E-state index in [4.69, 9.17) is 28.3 Å². The highest BCUT2D eigenvalue weighted by Gasteiger charge is 2.37.